The molecule has 1 aliphatic carbocycles. The van der Waals surface area contributed by atoms with Crippen LogP contribution in [0.15, 0.2) is 29.0 Å². The van der Waals surface area contributed by atoms with Gasteiger partial charge in [-0.05, 0) is 42.5 Å². The number of benzene rings is 1. The maximum Gasteiger partial charge on any atom is 0.229 e. The van der Waals surface area contributed by atoms with E-state index in [9.17, 15) is 0 Å². The Morgan fingerprint density at radius 2 is 2.04 bits per heavy atom. The Hall–Kier alpha value is -2.63. The number of hydrogen-bond acceptors (Lipinski definition) is 5. The summed E-state index contributed by atoms with van der Waals surface area (Å²) in [5.41, 5.74) is 3.80. The third-order valence-corrected chi connectivity index (χ3v) is 4.66. The molecular weight excluding hydrogens is 316 g/mol. The molecule has 0 saturated heterocycles. The number of nitrogens with zero attached hydrogens (tertiary/aromatic N) is 4. The highest BCUT2D eigenvalue weighted by molar-refractivity contribution is 5.67. The van der Waals surface area contributed by atoms with Gasteiger partial charge in [0.25, 0.3) is 0 Å². The molecule has 2 aromatic heterocycles. The molecule has 25 heavy (non-hydrogen) atoms. The van der Waals surface area contributed by atoms with Gasteiger partial charge in [-0.1, -0.05) is 19.0 Å². The van der Waals surface area contributed by atoms with Crippen molar-refractivity contribution in [2.24, 2.45) is 0 Å². The molecule has 0 N–H and O–H groups in total. The lowest BCUT2D eigenvalue weighted by molar-refractivity contribution is 0.360. The minimum atomic E-state index is 0.223. The van der Waals surface area contributed by atoms with Crippen molar-refractivity contribution in [3.8, 4) is 17.1 Å². The highest BCUT2D eigenvalue weighted by Gasteiger charge is 2.19. The van der Waals surface area contributed by atoms with Gasteiger partial charge in [-0.15, -0.1) is 0 Å². The first-order valence-corrected chi connectivity index (χ1v) is 8.69. The first-order valence-electron chi connectivity index (χ1n) is 8.69. The second-order valence-corrected chi connectivity index (χ2v) is 6.76. The Balaban J connectivity index is 1.69. The van der Waals surface area contributed by atoms with Gasteiger partial charge >= 0.3 is 0 Å². The highest BCUT2D eigenvalue weighted by atomic mass is 16.5. The first-order chi connectivity index (χ1) is 12.2. The molecule has 0 unspecified atom stereocenters. The number of imidazole rings is 1. The molecule has 0 amide bonds. The molecule has 0 atom stereocenters. The van der Waals surface area contributed by atoms with Gasteiger partial charge in [0.05, 0.1) is 19.2 Å². The predicted molar refractivity (Wildman–Crippen MR) is 93.7 cm³/mol. The molecule has 0 saturated carbocycles. The summed E-state index contributed by atoms with van der Waals surface area (Å²) in [6, 6.07) is 4.37. The number of aryl methyl sites for hydroxylation is 2. The zero-order valence-corrected chi connectivity index (χ0v) is 14.8. The molecule has 3 aromatic rings. The van der Waals surface area contributed by atoms with Crippen LogP contribution < -0.4 is 4.74 Å². The second-order valence-electron chi connectivity index (χ2n) is 6.76. The average Bonchev–Trinajstić information content (AvgIpc) is 3.34. The summed E-state index contributed by atoms with van der Waals surface area (Å²) in [6.45, 7) is 4.59. The van der Waals surface area contributed by atoms with Crippen molar-refractivity contribution >= 4 is 0 Å². The SMILES string of the molecule is COc1cc2c(cc1-c1nccn1Cc1noc(C(C)C)n1)CCC2. The summed E-state index contributed by atoms with van der Waals surface area (Å²) in [5.74, 6) is 3.27. The number of rotatable bonds is 5. The molecule has 0 fully saturated rings. The van der Waals surface area contributed by atoms with Gasteiger partial charge in [0, 0.05) is 18.3 Å². The van der Waals surface area contributed by atoms with Crippen molar-refractivity contribution < 1.29 is 9.26 Å². The van der Waals surface area contributed by atoms with Crippen LogP contribution in [0.3, 0.4) is 0 Å². The molecule has 0 aliphatic heterocycles. The molecule has 1 aliphatic rings. The molecule has 0 bridgehead atoms. The van der Waals surface area contributed by atoms with E-state index in [4.69, 9.17) is 9.26 Å². The lowest BCUT2D eigenvalue weighted by Gasteiger charge is -2.12. The van der Waals surface area contributed by atoms with Crippen molar-refractivity contribution in [2.45, 2.75) is 45.6 Å². The molecule has 0 radical (unpaired) electrons. The van der Waals surface area contributed by atoms with Crippen molar-refractivity contribution in [1.29, 1.82) is 0 Å². The van der Waals surface area contributed by atoms with E-state index in [1.165, 1.54) is 17.5 Å². The van der Waals surface area contributed by atoms with Gasteiger partial charge in [-0.3, -0.25) is 0 Å². The standard InChI is InChI=1S/C19H22N4O2/c1-12(2)19-21-17(22-25-19)11-23-8-7-20-18(23)15-9-13-5-4-6-14(13)10-16(15)24-3/h7-10,12H,4-6,11H2,1-3H3. The number of ether oxygens (including phenoxy) is 1. The van der Waals surface area contributed by atoms with E-state index in [0.29, 0.717) is 18.3 Å². The highest BCUT2D eigenvalue weighted by Crippen LogP contribution is 2.35. The fourth-order valence-electron chi connectivity index (χ4n) is 3.34. The van der Waals surface area contributed by atoms with Crippen LogP contribution in [0.5, 0.6) is 5.75 Å². The van der Waals surface area contributed by atoms with Gasteiger partial charge in [0.15, 0.2) is 5.82 Å². The molecule has 130 valence electrons. The van der Waals surface area contributed by atoms with Crippen LogP contribution in [0.4, 0.5) is 0 Å². The number of methoxy groups -OCH3 is 1. The quantitative estimate of drug-likeness (QED) is 0.711. The third-order valence-electron chi connectivity index (χ3n) is 4.66. The first kappa shape index (κ1) is 15.9. The zero-order chi connectivity index (χ0) is 17.4. The molecular formula is C19H22N4O2. The Morgan fingerprint density at radius 3 is 2.76 bits per heavy atom. The minimum absolute atomic E-state index is 0.223. The van der Waals surface area contributed by atoms with Crippen LogP contribution in [-0.4, -0.2) is 26.8 Å². The Kier molecular flexibility index (Phi) is 4.03. The Bertz CT molecular complexity index is 895. The summed E-state index contributed by atoms with van der Waals surface area (Å²) < 4.78 is 13.0. The molecule has 0 spiro atoms. The van der Waals surface area contributed by atoms with Crippen molar-refractivity contribution in [1.82, 2.24) is 19.7 Å². The molecule has 1 aromatic carbocycles. The second kappa shape index (κ2) is 6.35. The van der Waals surface area contributed by atoms with Gasteiger partial charge in [0.2, 0.25) is 5.89 Å². The lowest BCUT2D eigenvalue weighted by atomic mass is 10.0. The summed E-state index contributed by atoms with van der Waals surface area (Å²) in [5, 5.41) is 4.08. The van der Waals surface area contributed by atoms with E-state index in [0.717, 1.165) is 30.0 Å². The summed E-state index contributed by atoms with van der Waals surface area (Å²) in [4.78, 5) is 9.02. The Morgan fingerprint density at radius 1 is 1.24 bits per heavy atom. The fraction of sp³-hybridized carbons (Fsp3) is 0.421. The number of aromatic nitrogens is 4. The van der Waals surface area contributed by atoms with Crippen LogP contribution in [0, 0.1) is 0 Å². The van der Waals surface area contributed by atoms with Gasteiger partial charge < -0.3 is 13.8 Å². The van der Waals surface area contributed by atoms with Crippen LogP contribution in [-0.2, 0) is 19.4 Å². The van der Waals surface area contributed by atoms with E-state index >= 15 is 0 Å². The number of fused-ring (bicyclic) bond motifs is 1. The monoisotopic (exact) mass is 338 g/mol. The summed E-state index contributed by atoms with van der Waals surface area (Å²) in [7, 11) is 1.71. The largest absolute Gasteiger partial charge is 0.496 e. The zero-order valence-electron chi connectivity index (χ0n) is 14.8. The predicted octanol–water partition coefficient (Wildman–Crippen LogP) is 3.60. The fourth-order valence-corrected chi connectivity index (χ4v) is 3.34. The van der Waals surface area contributed by atoms with E-state index < -0.39 is 0 Å². The topological polar surface area (TPSA) is 66.0 Å². The molecule has 6 heteroatoms. The van der Waals surface area contributed by atoms with Crippen molar-refractivity contribution in [3.05, 3.63) is 47.4 Å². The van der Waals surface area contributed by atoms with Gasteiger partial charge in [0.1, 0.15) is 11.6 Å². The van der Waals surface area contributed by atoms with Gasteiger partial charge in [-0.25, -0.2) is 4.98 Å². The van der Waals surface area contributed by atoms with Crippen molar-refractivity contribution in [3.63, 3.8) is 0 Å². The van der Waals surface area contributed by atoms with E-state index in [-0.39, 0.29) is 5.92 Å². The van der Waals surface area contributed by atoms with Crippen LogP contribution in [0.25, 0.3) is 11.4 Å². The number of hydrogen-bond donors (Lipinski definition) is 0. The summed E-state index contributed by atoms with van der Waals surface area (Å²) >= 11 is 0. The molecule has 4 rings (SSSR count). The van der Waals surface area contributed by atoms with Crippen LogP contribution in [0.2, 0.25) is 0 Å². The lowest BCUT2D eigenvalue weighted by Crippen LogP contribution is -2.04. The van der Waals surface area contributed by atoms with E-state index in [2.05, 4.69) is 27.3 Å². The van der Waals surface area contributed by atoms with Crippen LogP contribution in [0.1, 0.15) is 49.0 Å². The third kappa shape index (κ3) is 2.92. The average molecular weight is 338 g/mol. The minimum Gasteiger partial charge on any atom is -0.496 e. The molecule has 6 nitrogen and oxygen atoms in total. The normalized spacial score (nSPS) is 13.4. The summed E-state index contributed by atoms with van der Waals surface area (Å²) in [6.07, 6.45) is 7.19. The van der Waals surface area contributed by atoms with Crippen molar-refractivity contribution in [2.75, 3.05) is 7.11 Å². The smallest absolute Gasteiger partial charge is 0.229 e. The van der Waals surface area contributed by atoms with Crippen LogP contribution >= 0.6 is 0 Å². The molecule has 2 heterocycles. The van der Waals surface area contributed by atoms with E-state index in [1.54, 1.807) is 13.3 Å². The maximum atomic E-state index is 5.63. The Labute approximate surface area is 146 Å². The van der Waals surface area contributed by atoms with Gasteiger partial charge in [-0.2, -0.15) is 4.98 Å². The van der Waals surface area contributed by atoms with E-state index in [1.807, 2.05) is 24.6 Å². The maximum absolute atomic E-state index is 5.63.